The summed E-state index contributed by atoms with van der Waals surface area (Å²) in [6.07, 6.45) is 3.69. The molecular formula is C14H23BrN6. The molecule has 21 heavy (non-hydrogen) atoms. The molecule has 2 aromatic rings. The number of rotatable bonds is 7. The van der Waals surface area contributed by atoms with Gasteiger partial charge in [0.05, 0.1) is 34.6 Å². The van der Waals surface area contributed by atoms with Crippen LogP contribution in [0.15, 0.2) is 22.9 Å². The Balaban J connectivity index is 2.36. The standard InChI is InChI=1S/C14H23BrN6/c1-5-16-13(12-6-7-17-20(12)4)14-11(15)10-18-21(14)9-8-19(2)3/h6-7,10,13,16H,5,8-9H2,1-4H3. The number of halogens is 1. The van der Waals surface area contributed by atoms with E-state index in [4.69, 9.17) is 0 Å². The Kier molecular flexibility index (Phi) is 5.55. The van der Waals surface area contributed by atoms with Crippen molar-refractivity contribution in [3.05, 3.63) is 34.3 Å². The zero-order valence-corrected chi connectivity index (χ0v) is 14.6. The molecule has 0 aliphatic heterocycles. The normalized spacial score (nSPS) is 13.0. The van der Waals surface area contributed by atoms with Gasteiger partial charge in [-0.2, -0.15) is 10.2 Å². The first kappa shape index (κ1) is 16.2. The van der Waals surface area contributed by atoms with Crippen molar-refractivity contribution in [1.29, 1.82) is 0 Å². The van der Waals surface area contributed by atoms with E-state index in [2.05, 4.69) is 62.0 Å². The Labute approximate surface area is 134 Å². The molecule has 0 aromatic carbocycles. The fourth-order valence-corrected chi connectivity index (χ4v) is 2.87. The van der Waals surface area contributed by atoms with Gasteiger partial charge >= 0.3 is 0 Å². The summed E-state index contributed by atoms with van der Waals surface area (Å²) in [7, 11) is 6.11. The summed E-state index contributed by atoms with van der Waals surface area (Å²) in [5.41, 5.74) is 2.27. The second-order valence-electron chi connectivity index (χ2n) is 5.27. The lowest BCUT2D eigenvalue weighted by Gasteiger charge is -2.21. The van der Waals surface area contributed by atoms with Crippen molar-refractivity contribution in [1.82, 2.24) is 29.8 Å². The summed E-state index contributed by atoms with van der Waals surface area (Å²) < 4.78 is 4.99. The summed E-state index contributed by atoms with van der Waals surface area (Å²) in [6.45, 7) is 4.79. The summed E-state index contributed by atoms with van der Waals surface area (Å²) in [5.74, 6) is 0. The molecule has 7 heteroatoms. The van der Waals surface area contributed by atoms with Crippen LogP contribution in [0.3, 0.4) is 0 Å². The highest BCUT2D eigenvalue weighted by Crippen LogP contribution is 2.28. The van der Waals surface area contributed by atoms with E-state index < -0.39 is 0 Å². The molecule has 0 spiro atoms. The minimum atomic E-state index is 0.0709. The summed E-state index contributed by atoms with van der Waals surface area (Å²) in [6, 6.07) is 2.12. The van der Waals surface area contributed by atoms with Crippen molar-refractivity contribution in [3.63, 3.8) is 0 Å². The molecule has 2 heterocycles. The molecule has 6 nitrogen and oxygen atoms in total. The molecule has 1 unspecified atom stereocenters. The molecule has 0 amide bonds. The van der Waals surface area contributed by atoms with Crippen LogP contribution in [0.5, 0.6) is 0 Å². The molecule has 0 fully saturated rings. The van der Waals surface area contributed by atoms with E-state index in [1.807, 2.05) is 30.2 Å². The van der Waals surface area contributed by atoms with Crippen molar-refractivity contribution in [2.45, 2.75) is 19.5 Å². The van der Waals surface area contributed by atoms with Gasteiger partial charge in [0.2, 0.25) is 0 Å². The smallest absolute Gasteiger partial charge is 0.0930 e. The third kappa shape index (κ3) is 3.72. The second kappa shape index (κ2) is 7.20. The van der Waals surface area contributed by atoms with Gasteiger partial charge < -0.3 is 10.2 Å². The molecule has 0 saturated carbocycles. The van der Waals surface area contributed by atoms with Gasteiger partial charge in [0.25, 0.3) is 0 Å². The maximum atomic E-state index is 4.50. The minimum Gasteiger partial charge on any atom is -0.308 e. The van der Waals surface area contributed by atoms with Crippen molar-refractivity contribution in [2.24, 2.45) is 7.05 Å². The van der Waals surface area contributed by atoms with Crippen LogP contribution in [0.25, 0.3) is 0 Å². The predicted octanol–water partition coefficient (Wildman–Crippen LogP) is 1.64. The molecule has 116 valence electrons. The fourth-order valence-electron chi connectivity index (χ4n) is 2.34. The van der Waals surface area contributed by atoms with Gasteiger partial charge in [0.1, 0.15) is 0 Å². The maximum Gasteiger partial charge on any atom is 0.0930 e. The van der Waals surface area contributed by atoms with Crippen LogP contribution in [0.1, 0.15) is 24.4 Å². The van der Waals surface area contributed by atoms with Gasteiger partial charge in [-0.1, -0.05) is 6.92 Å². The average molecular weight is 355 g/mol. The molecule has 0 saturated heterocycles. The lowest BCUT2D eigenvalue weighted by Crippen LogP contribution is -2.28. The third-order valence-electron chi connectivity index (χ3n) is 3.43. The van der Waals surface area contributed by atoms with Gasteiger partial charge in [0, 0.05) is 19.8 Å². The quantitative estimate of drug-likeness (QED) is 0.821. The van der Waals surface area contributed by atoms with Gasteiger partial charge in [-0.05, 0) is 42.6 Å². The topological polar surface area (TPSA) is 50.9 Å². The van der Waals surface area contributed by atoms with Gasteiger partial charge in [-0.3, -0.25) is 9.36 Å². The molecule has 0 radical (unpaired) electrons. The number of hydrogen-bond acceptors (Lipinski definition) is 4. The van der Waals surface area contributed by atoms with Crippen LogP contribution >= 0.6 is 15.9 Å². The highest BCUT2D eigenvalue weighted by molar-refractivity contribution is 9.10. The van der Waals surface area contributed by atoms with Crippen molar-refractivity contribution in [2.75, 3.05) is 27.2 Å². The third-order valence-corrected chi connectivity index (χ3v) is 4.04. The summed E-state index contributed by atoms with van der Waals surface area (Å²) in [5, 5.41) is 12.3. The number of likely N-dealkylation sites (N-methyl/N-ethyl adjacent to an activating group) is 1. The second-order valence-corrected chi connectivity index (χ2v) is 6.13. The van der Waals surface area contributed by atoms with E-state index in [9.17, 15) is 0 Å². The van der Waals surface area contributed by atoms with Crippen LogP contribution in [0, 0.1) is 0 Å². The van der Waals surface area contributed by atoms with Crippen molar-refractivity contribution < 1.29 is 0 Å². The lowest BCUT2D eigenvalue weighted by molar-refractivity contribution is 0.364. The predicted molar refractivity (Wildman–Crippen MR) is 87.2 cm³/mol. The first-order valence-corrected chi connectivity index (χ1v) is 7.91. The van der Waals surface area contributed by atoms with E-state index in [0.29, 0.717) is 0 Å². The number of nitrogens with one attached hydrogen (secondary N) is 1. The number of aryl methyl sites for hydroxylation is 1. The van der Waals surface area contributed by atoms with E-state index in [0.717, 1.165) is 35.5 Å². The maximum absolute atomic E-state index is 4.50. The monoisotopic (exact) mass is 354 g/mol. The first-order chi connectivity index (χ1) is 10.0. The Bertz CT molecular complexity index is 574. The molecule has 0 aliphatic rings. The first-order valence-electron chi connectivity index (χ1n) is 7.11. The Hall–Kier alpha value is -1.18. The SMILES string of the molecule is CCNC(c1ccnn1C)c1c(Br)cnn1CCN(C)C. The molecule has 1 atom stereocenters. The average Bonchev–Trinajstić information content (AvgIpc) is 3.00. The number of aromatic nitrogens is 4. The van der Waals surface area contributed by atoms with E-state index in [-0.39, 0.29) is 6.04 Å². The lowest BCUT2D eigenvalue weighted by atomic mass is 10.1. The van der Waals surface area contributed by atoms with Crippen LogP contribution in [0.2, 0.25) is 0 Å². The summed E-state index contributed by atoms with van der Waals surface area (Å²) >= 11 is 3.64. The fraction of sp³-hybridized carbons (Fsp3) is 0.571. The zero-order chi connectivity index (χ0) is 15.4. The molecule has 2 rings (SSSR count). The van der Waals surface area contributed by atoms with E-state index >= 15 is 0 Å². The van der Waals surface area contributed by atoms with Crippen molar-refractivity contribution >= 4 is 15.9 Å². The molecule has 1 N–H and O–H groups in total. The molecule has 0 bridgehead atoms. The number of nitrogens with zero attached hydrogens (tertiary/aromatic N) is 5. The van der Waals surface area contributed by atoms with Crippen molar-refractivity contribution in [3.8, 4) is 0 Å². The Morgan fingerprint density at radius 2 is 2.14 bits per heavy atom. The Morgan fingerprint density at radius 1 is 1.38 bits per heavy atom. The molecule has 0 aliphatic carbocycles. The van der Waals surface area contributed by atoms with Gasteiger partial charge in [-0.15, -0.1) is 0 Å². The highest BCUT2D eigenvalue weighted by atomic mass is 79.9. The largest absolute Gasteiger partial charge is 0.308 e. The Morgan fingerprint density at radius 3 is 2.71 bits per heavy atom. The van der Waals surface area contributed by atoms with Crippen LogP contribution in [-0.2, 0) is 13.6 Å². The summed E-state index contributed by atoms with van der Waals surface area (Å²) in [4.78, 5) is 2.16. The molecular weight excluding hydrogens is 332 g/mol. The zero-order valence-electron chi connectivity index (χ0n) is 13.0. The number of hydrogen-bond donors (Lipinski definition) is 1. The van der Waals surface area contributed by atoms with Crippen LogP contribution in [0.4, 0.5) is 0 Å². The minimum absolute atomic E-state index is 0.0709. The highest BCUT2D eigenvalue weighted by Gasteiger charge is 2.23. The van der Waals surface area contributed by atoms with Gasteiger partial charge in [0.15, 0.2) is 0 Å². The van der Waals surface area contributed by atoms with Crippen LogP contribution < -0.4 is 5.32 Å². The van der Waals surface area contributed by atoms with Gasteiger partial charge in [-0.25, -0.2) is 0 Å². The van der Waals surface area contributed by atoms with Crippen LogP contribution in [-0.4, -0.2) is 51.6 Å². The van der Waals surface area contributed by atoms with E-state index in [1.54, 1.807) is 0 Å². The molecule has 2 aromatic heterocycles. The van der Waals surface area contributed by atoms with E-state index in [1.165, 1.54) is 0 Å².